The van der Waals surface area contributed by atoms with Crippen molar-refractivity contribution < 1.29 is 23.8 Å². The largest absolute Gasteiger partial charge is 0.489 e. The number of carbonyl (C=O) groups is 2. The van der Waals surface area contributed by atoms with Gasteiger partial charge in [0.25, 0.3) is 5.91 Å². The van der Waals surface area contributed by atoms with Gasteiger partial charge < -0.3 is 19.5 Å². The van der Waals surface area contributed by atoms with Crippen molar-refractivity contribution in [2.75, 3.05) is 25.1 Å². The molecule has 0 spiro atoms. The van der Waals surface area contributed by atoms with E-state index >= 15 is 0 Å². The van der Waals surface area contributed by atoms with Gasteiger partial charge in [-0.1, -0.05) is 19.1 Å². The Morgan fingerprint density at radius 1 is 1.07 bits per heavy atom. The molecule has 0 saturated carbocycles. The molecule has 1 N–H and O–H groups in total. The van der Waals surface area contributed by atoms with Crippen LogP contribution in [0.25, 0.3) is 0 Å². The maximum absolute atomic E-state index is 12.3. The van der Waals surface area contributed by atoms with Crippen LogP contribution in [0, 0.1) is 0 Å². The number of amides is 1. The molecule has 1 aliphatic rings. The number of hydrogen-bond acceptors (Lipinski definition) is 5. The number of anilines is 1. The van der Waals surface area contributed by atoms with Crippen LogP contribution in [-0.2, 0) is 9.53 Å². The van der Waals surface area contributed by atoms with Gasteiger partial charge in [0.1, 0.15) is 18.1 Å². The van der Waals surface area contributed by atoms with Crippen LogP contribution < -0.4 is 14.8 Å². The quantitative estimate of drug-likeness (QED) is 0.641. The third-order valence-electron chi connectivity index (χ3n) is 4.73. The molecule has 0 aromatic heterocycles. The second-order valence-corrected chi connectivity index (χ2v) is 6.93. The van der Waals surface area contributed by atoms with Gasteiger partial charge in [0.05, 0.1) is 11.8 Å². The van der Waals surface area contributed by atoms with E-state index in [2.05, 4.69) is 5.32 Å². The fourth-order valence-electron chi connectivity index (χ4n) is 3.09. The summed E-state index contributed by atoms with van der Waals surface area (Å²) in [5.41, 5.74) is 1.23. The first-order valence-electron chi connectivity index (χ1n) is 10.0. The molecule has 1 aliphatic heterocycles. The third-order valence-corrected chi connectivity index (χ3v) is 4.73. The fourth-order valence-corrected chi connectivity index (χ4v) is 3.09. The van der Waals surface area contributed by atoms with Crippen molar-refractivity contribution in [1.82, 2.24) is 0 Å². The summed E-state index contributed by atoms with van der Waals surface area (Å²) in [7, 11) is 0. The van der Waals surface area contributed by atoms with E-state index in [0.29, 0.717) is 35.8 Å². The van der Waals surface area contributed by atoms with Gasteiger partial charge in [0, 0.05) is 18.6 Å². The number of benzene rings is 2. The number of hydrogen-bond donors (Lipinski definition) is 1. The van der Waals surface area contributed by atoms with Gasteiger partial charge >= 0.3 is 0 Å². The number of ketones is 1. The number of rotatable bonds is 9. The molecule has 1 unspecified atom stereocenters. The monoisotopic (exact) mass is 397 g/mol. The minimum Gasteiger partial charge on any atom is -0.489 e. The molecule has 6 nitrogen and oxygen atoms in total. The van der Waals surface area contributed by atoms with Crippen molar-refractivity contribution >= 4 is 17.4 Å². The van der Waals surface area contributed by atoms with E-state index in [9.17, 15) is 9.59 Å². The van der Waals surface area contributed by atoms with E-state index in [-0.39, 0.29) is 24.4 Å². The summed E-state index contributed by atoms with van der Waals surface area (Å²) in [5.74, 6) is 0.928. The molecular formula is C23H27NO5. The molecule has 2 aromatic carbocycles. The molecule has 1 fully saturated rings. The summed E-state index contributed by atoms with van der Waals surface area (Å²) >= 11 is 0. The first kappa shape index (κ1) is 20.9. The average molecular weight is 397 g/mol. The van der Waals surface area contributed by atoms with Crippen molar-refractivity contribution in [3.8, 4) is 11.5 Å². The molecule has 0 aliphatic carbocycles. The van der Waals surface area contributed by atoms with Gasteiger partial charge in [-0.15, -0.1) is 0 Å². The van der Waals surface area contributed by atoms with E-state index in [4.69, 9.17) is 14.2 Å². The topological polar surface area (TPSA) is 73.9 Å². The number of Topliss-reactive ketones (excluding diaryl/α,β-unsaturated/α-hetero) is 1. The zero-order valence-electron chi connectivity index (χ0n) is 16.7. The molecule has 1 atom stereocenters. The van der Waals surface area contributed by atoms with Crippen LogP contribution >= 0.6 is 0 Å². The van der Waals surface area contributed by atoms with E-state index in [1.54, 1.807) is 30.3 Å². The normalized spacial score (nSPS) is 16.1. The lowest BCUT2D eigenvalue weighted by Gasteiger charge is -2.23. The van der Waals surface area contributed by atoms with Gasteiger partial charge in [-0.2, -0.15) is 0 Å². The van der Waals surface area contributed by atoms with Gasteiger partial charge in [-0.25, -0.2) is 0 Å². The molecule has 29 heavy (non-hydrogen) atoms. The van der Waals surface area contributed by atoms with E-state index in [1.165, 1.54) is 0 Å². The van der Waals surface area contributed by atoms with Crippen LogP contribution in [0.5, 0.6) is 11.5 Å². The van der Waals surface area contributed by atoms with Crippen LogP contribution in [0.2, 0.25) is 0 Å². The molecular weight excluding hydrogens is 370 g/mol. The van der Waals surface area contributed by atoms with Gasteiger partial charge in [-0.3, -0.25) is 9.59 Å². The highest BCUT2D eigenvalue weighted by Gasteiger charge is 2.16. The lowest BCUT2D eigenvalue weighted by atomic mass is 10.1. The first-order valence-corrected chi connectivity index (χ1v) is 10.0. The zero-order chi connectivity index (χ0) is 20.5. The number of nitrogens with one attached hydrogen (secondary N) is 1. The molecule has 2 aromatic rings. The van der Waals surface area contributed by atoms with Gasteiger partial charge in [0.2, 0.25) is 0 Å². The molecule has 1 heterocycles. The Morgan fingerprint density at radius 3 is 2.59 bits per heavy atom. The van der Waals surface area contributed by atoms with Crippen molar-refractivity contribution in [2.24, 2.45) is 0 Å². The van der Waals surface area contributed by atoms with E-state index < -0.39 is 0 Å². The lowest BCUT2D eigenvalue weighted by molar-refractivity contribution is -0.118. The third kappa shape index (κ3) is 6.32. The maximum Gasteiger partial charge on any atom is 0.262 e. The van der Waals surface area contributed by atoms with Crippen molar-refractivity contribution in [3.63, 3.8) is 0 Å². The van der Waals surface area contributed by atoms with Crippen molar-refractivity contribution in [1.29, 1.82) is 0 Å². The Hall–Kier alpha value is -2.86. The second kappa shape index (κ2) is 10.6. The SMILES string of the molecule is CCC(=O)c1ccc(OCC(=O)Nc2ccccc2OCC2CCCCO2)cc1. The number of ether oxygens (including phenoxy) is 3. The second-order valence-electron chi connectivity index (χ2n) is 6.93. The highest BCUT2D eigenvalue weighted by Crippen LogP contribution is 2.25. The molecule has 1 amide bonds. The molecule has 6 heteroatoms. The highest BCUT2D eigenvalue weighted by molar-refractivity contribution is 5.96. The first-order chi connectivity index (χ1) is 14.2. The summed E-state index contributed by atoms with van der Waals surface area (Å²) in [6, 6.07) is 14.1. The van der Waals surface area contributed by atoms with Crippen LogP contribution in [0.1, 0.15) is 43.0 Å². The molecule has 0 bridgehead atoms. The van der Waals surface area contributed by atoms with Crippen LogP contribution in [0.3, 0.4) is 0 Å². The maximum atomic E-state index is 12.3. The molecule has 3 rings (SSSR count). The predicted octanol–water partition coefficient (Wildman–Crippen LogP) is 4.24. The van der Waals surface area contributed by atoms with Crippen LogP contribution in [0.15, 0.2) is 48.5 Å². The lowest BCUT2D eigenvalue weighted by Crippen LogP contribution is -2.26. The van der Waals surface area contributed by atoms with Crippen molar-refractivity contribution in [3.05, 3.63) is 54.1 Å². The smallest absolute Gasteiger partial charge is 0.262 e. The standard InChI is InChI=1S/C23H27NO5/c1-2-21(25)17-10-12-18(13-11-17)28-16-23(26)24-20-8-3-4-9-22(20)29-15-19-7-5-6-14-27-19/h3-4,8-13,19H,2,5-7,14-16H2,1H3,(H,24,26). The molecule has 0 radical (unpaired) electrons. The van der Waals surface area contributed by atoms with E-state index in [1.807, 2.05) is 25.1 Å². The minimum atomic E-state index is -0.288. The summed E-state index contributed by atoms with van der Waals surface area (Å²) in [5, 5.41) is 2.82. The highest BCUT2D eigenvalue weighted by atomic mass is 16.5. The van der Waals surface area contributed by atoms with Gasteiger partial charge in [0.15, 0.2) is 12.4 Å². The minimum absolute atomic E-state index is 0.0736. The summed E-state index contributed by atoms with van der Waals surface area (Å²) in [6.07, 6.45) is 3.79. The predicted molar refractivity (Wildman–Crippen MR) is 111 cm³/mol. The number of carbonyl (C=O) groups excluding carboxylic acids is 2. The fraction of sp³-hybridized carbons (Fsp3) is 0.391. The summed E-state index contributed by atoms with van der Waals surface area (Å²) < 4.78 is 17.1. The Balaban J connectivity index is 1.50. The molecule has 1 saturated heterocycles. The average Bonchev–Trinajstić information content (AvgIpc) is 2.77. The Labute approximate surface area is 171 Å². The van der Waals surface area contributed by atoms with E-state index in [0.717, 1.165) is 25.9 Å². The van der Waals surface area contributed by atoms with Crippen LogP contribution in [0.4, 0.5) is 5.69 Å². The Morgan fingerprint density at radius 2 is 1.86 bits per heavy atom. The van der Waals surface area contributed by atoms with Crippen LogP contribution in [-0.4, -0.2) is 37.6 Å². The number of para-hydroxylation sites is 2. The molecule has 154 valence electrons. The summed E-state index contributed by atoms with van der Waals surface area (Å²) in [4.78, 5) is 24.0. The van der Waals surface area contributed by atoms with Gasteiger partial charge in [-0.05, 0) is 55.7 Å². The zero-order valence-corrected chi connectivity index (χ0v) is 16.7. The Kier molecular flexibility index (Phi) is 7.64. The Bertz CT molecular complexity index is 812. The van der Waals surface area contributed by atoms with Crippen molar-refractivity contribution in [2.45, 2.75) is 38.7 Å². The summed E-state index contributed by atoms with van der Waals surface area (Å²) in [6.45, 7) is 2.92.